The number of hydroxylamine groups is 1. The molecule has 0 N–H and O–H groups in total. The average molecular weight is 383 g/mol. The standard InChI is InChI=1S/C10H23N.2C6H11NO/c1-8(2)10(5,6)11(7)9(3)4;1-4-6(3)7(8)5-2;1-4-5(2)6(3)7-8/h8-9H,1-7H3;4-5H,1-3H3;4,8H,1-3H3/p-1/b;6-4+,7-5-;5-4+,7-6+. The highest BCUT2D eigenvalue weighted by Crippen LogP contribution is 2.23. The van der Waals surface area contributed by atoms with Crippen LogP contribution in [-0.2, 0) is 0 Å². The highest BCUT2D eigenvalue weighted by atomic mass is 16.5. The van der Waals surface area contributed by atoms with Crippen LogP contribution in [0, 0.1) is 16.3 Å². The number of rotatable bonds is 5. The van der Waals surface area contributed by atoms with Gasteiger partial charge in [-0.25, -0.2) is 0 Å². The summed E-state index contributed by atoms with van der Waals surface area (Å²) in [6.45, 7) is 24.4. The number of nitrogens with zero attached hydrogens (tertiary/aromatic N) is 3. The average Bonchev–Trinajstić information content (AvgIpc) is 2.65. The second-order valence-corrected chi connectivity index (χ2v) is 7.68. The Morgan fingerprint density at radius 2 is 1.44 bits per heavy atom. The van der Waals surface area contributed by atoms with Crippen LogP contribution < -0.4 is 0 Å². The van der Waals surface area contributed by atoms with Gasteiger partial charge in [0, 0.05) is 31.1 Å². The van der Waals surface area contributed by atoms with Crippen LogP contribution in [0.2, 0.25) is 0 Å². The minimum Gasteiger partial charge on any atom is -0.792 e. The monoisotopic (exact) mass is 382 g/mol. The molecule has 0 radical (unpaired) electrons. The normalized spacial score (nSPS) is 14.1. The van der Waals surface area contributed by atoms with Gasteiger partial charge in [0.15, 0.2) is 11.9 Å². The second-order valence-electron chi connectivity index (χ2n) is 7.68. The van der Waals surface area contributed by atoms with E-state index in [2.05, 4.69) is 58.6 Å². The summed E-state index contributed by atoms with van der Waals surface area (Å²) in [5.41, 5.74) is 2.55. The van der Waals surface area contributed by atoms with Crippen molar-refractivity contribution in [1.82, 2.24) is 4.90 Å². The molecule has 0 aromatic rings. The molecule has 0 amide bonds. The van der Waals surface area contributed by atoms with Crippen molar-refractivity contribution < 1.29 is 4.74 Å². The minimum atomic E-state index is 0.314. The lowest BCUT2D eigenvalue weighted by Crippen LogP contribution is -2.48. The molecule has 0 aromatic heterocycles. The summed E-state index contributed by atoms with van der Waals surface area (Å²) in [5, 5.41) is 23.1. The number of hydrogen-bond acceptors (Lipinski definition) is 4. The summed E-state index contributed by atoms with van der Waals surface area (Å²) in [7, 11) is 2.20. The van der Waals surface area contributed by atoms with Gasteiger partial charge in [0.2, 0.25) is 0 Å². The van der Waals surface area contributed by atoms with Crippen LogP contribution in [0.25, 0.3) is 0 Å². The maximum atomic E-state index is 10.5. The molecule has 0 heterocycles. The van der Waals surface area contributed by atoms with Gasteiger partial charge in [-0.15, -0.1) is 0 Å². The summed E-state index contributed by atoms with van der Waals surface area (Å²) in [6, 6.07) is 0.632. The lowest BCUT2D eigenvalue weighted by Gasteiger charge is -2.41. The Kier molecular flexibility index (Phi) is 17.2. The fourth-order valence-electron chi connectivity index (χ4n) is 1.68. The van der Waals surface area contributed by atoms with Gasteiger partial charge in [0.1, 0.15) is 0 Å². The highest BCUT2D eigenvalue weighted by molar-refractivity contribution is 5.97. The minimum absolute atomic E-state index is 0.314. The Morgan fingerprint density at radius 1 is 1.00 bits per heavy atom. The lowest BCUT2D eigenvalue weighted by molar-refractivity contribution is -0.396. The van der Waals surface area contributed by atoms with Crippen molar-refractivity contribution in [2.24, 2.45) is 11.1 Å². The van der Waals surface area contributed by atoms with E-state index in [1.165, 1.54) is 6.21 Å². The van der Waals surface area contributed by atoms with Crippen molar-refractivity contribution in [2.75, 3.05) is 7.05 Å². The third kappa shape index (κ3) is 13.2. The van der Waals surface area contributed by atoms with E-state index < -0.39 is 0 Å². The van der Waals surface area contributed by atoms with E-state index in [9.17, 15) is 10.4 Å². The van der Waals surface area contributed by atoms with Gasteiger partial charge < -0.3 is 15.6 Å². The molecule has 0 aliphatic carbocycles. The molecular formula is C22H44N3O2-. The maximum Gasteiger partial charge on any atom is 0.185 e. The number of hydrogen-bond donors (Lipinski definition) is 0. The van der Waals surface area contributed by atoms with Crippen molar-refractivity contribution in [3.8, 4) is 0 Å². The molecule has 0 bridgehead atoms. The first-order valence-corrected chi connectivity index (χ1v) is 9.66. The zero-order chi connectivity index (χ0) is 22.4. The van der Waals surface area contributed by atoms with Crippen LogP contribution in [0.5, 0.6) is 0 Å². The molecule has 5 heteroatoms. The summed E-state index contributed by atoms with van der Waals surface area (Å²) in [5.74, 6) is 0.704. The molecule has 0 aromatic carbocycles. The van der Waals surface area contributed by atoms with Crippen molar-refractivity contribution in [3.63, 3.8) is 0 Å². The molecule has 0 aliphatic heterocycles. The molecule has 0 fully saturated rings. The molecule has 0 unspecified atom stereocenters. The first-order chi connectivity index (χ1) is 12.2. The van der Waals surface area contributed by atoms with Crippen molar-refractivity contribution >= 4 is 11.9 Å². The van der Waals surface area contributed by atoms with E-state index in [0.29, 0.717) is 23.2 Å². The molecule has 0 saturated heterocycles. The summed E-state index contributed by atoms with van der Waals surface area (Å²) < 4.78 is 0.833. The topological polar surface area (TPSA) is 64.7 Å². The smallest absolute Gasteiger partial charge is 0.185 e. The van der Waals surface area contributed by atoms with E-state index >= 15 is 0 Å². The van der Waals surface area contributed by atoms with Crippen LogP contribution in [-0.4, -0.2) is 40.2 Å². The third-order valence-corrected chi connectivity index (χ3v) is 5.24. The maximum absolute atomic E-state index is 10.5. The van der Waals surface area contributed by atoms with E-state index in [1.54, 1.807) is 26.8 Å². The summed E-state index contributed by atoms with van der Waals surface area (Å²) in [4.78, 5) is 2.43. The molecule has 160 valence electrons. The Hall–Kier alpha value is -1.62. The highest BCUT2D eigenvalue weighted by Gasteiger charge is 2.28. The Morgan fingerprint density at radius 3 is 1.56 bits per heavy atom. The zero-order valence-electron chi connectivity index (χ0n) is 20.0. The van der Waals surface area contributed by atoms with E-state index in [0.717, 1.165) is 16.0 Å². The van der Waals surface area contributed by atoms with E-state index in [-0.39, 0.29) is 0 Å². The van der Waals surface area contributed by atoms with Crippen LogP contribution in [0.3, 0.4) is 0 Å². The summed E-state index contributed by atoms with van der Waals surface area (Å²) >= 11 is 0. The fourth-order valence-corrected chi connectivity index (χ4v) is 1.68. The Balaban J connectivity index is -0.000000327. The van der Waals surface area contributed by atoms with Gasteiger partial charge in [-0.05, 0) is 80.0 Å². The van der Waals surface area contributed by atoms with Gasteiger partial charge >= 0.3 is 0 Å². The van der Waals surface area contributed by atoms with Gasteiger partial charge in [0.05, 0.1) is 0 Å². The molecular weight excluding hydrogens is 338 g/mol. The van der Waals surface area contributed by atoms with Gasteiger partial charge in [0.25, 0.3) is 0 Å². The first-order valence-electron chi connectivity index (χ1n) is 9.66. The predicted octanol–water partition coefficient (Wildman–Crippen LogP) is 6.18. The predicted molar refractivity (Wildman–Crippen MR) is 123 cm³/mol. The largest absolute Gasteiger partial charge is 0.792 e. The van der Waals surface area contributed by atoms with Crippen molar-refractivity contribution in [1.29, 1.82) is 0 Å². The zero-order valence-corrected chi connectivity index (χ0v) is 20.0. The fraction of sp³-hybridized carbons (Fsp3) is 0.727. The van der Waals surface area contributed by atoms with Crippen molar-refractivity contribution in [2.45, 2.75) is 94.7 Å². The van der Waals surface area contributed by atoms with E-state index in [1.807, 2.05) is 26.8 Å². The van der Waals surface area contributed by atoms with Crippen molar-refractivity contribution in [3.05, 3.63) is 33.8 Å². The number of allylic oxidation sites excluding steroid dienone is 4. The quantitative estimate of drug-likeness (QED) is 0.247. The van der Waals surface area contributed by atoms with Crippen LogP contribution in [0.15, 0.2) is 28.6 Å². The molecule has 0 spiro atoms. The van der Waals surface area contributed by atoms with Gasteiger partial charge in [-0.3, -0.25) is 4.90 Å². The van der Waals surface area contributed by atoms with Gasteiger partial charge in [-0.1, -0.05) is 19.9 Å². The first kappa shape index (κ1) is 30.1. The molecule has 5 nitrogen and oxygen atoms in total. The summed E-state index contributed by atoms with van der Waals surface area (Å²) in [6.07, 6.45) is 5.11. The molecule has 27 heavy (non-hydrogen) atoms. The van der Waals surface area contributed by atoms with Crippen LogP contribution >= 0.6 is 0 Å². The molecule has 0 rings (SSSR count). The molecule has 0 aliphatic rings. The van der Waals surface area contributed by atoms with Crippen LogP contribution in [0.1, 0.15) is 83.1 Å². The lowest BCUT2D eigenvalue weighted by atomic mass is 9.88. The Bertz CT molecular complexity index is 450. The van der Waals surface area contributed by atoms with E-state index in [4.69, 9.17) is 0 Å². The SMILES string of the molecule is C/C=C(C)/C(C)=N/[O-].C/C=[N+]([O-])/C(C)=C/C.CC(C)N(C)C(C)(C)C(C)C. The third-order valence-electron chi connectivity index (χ3n) is 5.24. The second kappa shape index (κ2) is 15.4. The van der Waals surface area contributed by atoms with Crippen LogP contribution in [0.4, 0.5) is 0 Å². The molecule has 0 saturated carbocycles. The Labute approximate surface area is 168 Å². The van der Waals surface area contributed by atoms with Gasteiger partial charge in [-0.2, -0.15) is 4.74 Å². The molecule has 0 atom stereocenters.